The van der Waals surface area contributed by atoms with Crippen molar-refractivity contribution in [3.63, 3.8) is 0 Å². The largest absolute Gasteiger partial charge is 0.378 e. The minimum Gasteiger partial charge on any atom is -0.378 e. The van der Waals surface area contributed by atoms with Crippen LogP contribution in [0.2, 0.25) is 0 Å². The van der Waals surface area contributed by atoms with Gasteiger partial charge in [0.05, 0.1) is 0 Å². The molecule has 102 valence electrons. The fourth-order valence-corrected chi connectivity index (χ4v) is 2.58. The lowest BCUT2D eigenvalue weighted by atomic mass is 10.1. The van der Waals surface area contributed by atoms with Crippen LogP contribution in [0.1, 0.15) is 21.5 Å². The van der Waals surface area contributed by atoms with Crippen LogP contribution in [0.4, 0.5) is 5.69 Å². The molecular formula is C17H18N2O. The van der Waals surface area contributed by atoms with Gasteiger partial charge in [-0.1, -0.05) is 30.3 Å². The Morgan fingerprint density at radius 2 is 1.65 bits per heavy atom. The highest BCUT2D eigenvalue weighted by Gasteiger charge is 2.23. The molecule has 2 aromatic rings. The average molecular weight is 266 g/mol. The van der Waals surface area contributed by atoms with Crippen molar-refractivity contribution in [2.45, 2.75) is 13.1 Å². The summed E-state index contributed by atoms with van der Waals surface area (Å²) in [7, 11) is 3.96. The van der Waals surface area contributed by atoms with Gasteiger partial charge < -0.3 is 9.80 Å². The van der Waals surface area contributed by atoms with E-state index in [9.17, 15) is 4.79 Å². The summed E-state index contributed by atoms with van der Waals surface area (Å²) in [6.07, 6.45) is 0. The summed E-state index contributed by atoms with van der Waals surface area (Å²) >= 11 is 0. The maximum absolute atomic E-state index is 12.6. The Kier molecular flexibility index (Phi) is 3.18. The molecule has 0 atom stereocenters. The Balaban J connectivity index is 1.83. The summed E-state index contributed by atoms with van der Waals surface area (Å²) in [5.74, 6) is 0.102. The van der Waals surface area contributed by atoms with Crippen LogP contribution in [-0.2, 0) is 13.1 Å². The first kappa shape index (κ1) is 12.7. The molecule has 0 radical (unpaired) electrons. The van der Waals surface area contributed by atoms with Crippen LogP contribution in [0.15, 0.2) is 48.5 Å². The molecule has 0 spiro atoms. The normalized spacial score (nSPS) is 13.2. The van der Waals surface area contributed by atoms with E-state index in [4.69, 9.17) is 0 Å². The van der Waals surface area contributed by atoms with Gasteiger partial charge in [0, 0.05) is 38.4 Å². The van der Waals surface area contributed by atoms with Crippen LogP contribution < -0.4 is 4.90 Å². The van der Waals surface area contributed by atoms with Gasteiger partial charge in [-0.05, 0) is 29.3 Å². The lowest BCUT2D eigenvalue weighted by molar-refractivity contribution is 0.0751. The number of fused-ring (bicyclic) bond motifs is 1. The van der Waals surface area contributed by atoms with Crippen LogP contribution in [0, 0.1) is 0 Å². The van der Waals surface area contributed by atoms with Gasteiger partial charge in [0.1, 0.15) is 0 Å². The van der Waals surface area contributed by atoms with E-state index < -0.39 is 0 Å². The Labute approximate surface area is 119 Å². The summed E-state index contributed by atoms with van der Waals surface area (Å²) in [6, 6.07) is 16.0. The highest BCUT2D eigenvalue weighted by Crippen LogP contribution is 2.24. The van der Waals surface area contributed by atoms with Crippen LogP contribution in [0.5, 0.6) is 0 Å². The molecule has 1 heterocycles. The molecule has 0 saturated heterocycles. The molecule has 0 aliphatic carbocycles. The van der Waals surface area contributed by atoms with E-state index in [1.165, 1.54) is 11.1 Å². The fourth-order valence-electron chi connectivity index (χ4n) is 2.58. The van der Waals surface area contributed by atoms with Crippen LogP contribution in [-0.4, -0.2) is 24.9 Å². The van der Waals surface area contributed by atoms with Crippen molar-refractivity contribution < 1.29 is 4.79 Å². The van der Waals surface area contributed by atoms with Crippen molar-refractivity contribution >= 4 is 11.6 Å². The topological polar surface area (TPSA) is 23.6 Å². The van der Waals surface area contributed by atoms with E-state index in [0.29, 0.717) is 13.1 Å². The smallest absolute Gasteiger partial charge is 0.254 e. The molecular weight excluding hydrogens is 248 g/mol. The monoisotopic (exact) mass is 266 g/mol. The van der Waals surface area contributed by atoms with Crippen molar-refractivity contribution in [2.24, 2.45) is 0 Å². The molecule has 3 nitrogen and oxygen atoms in total. The highest BCUT2D eigenvalue weighted by molar-refractivity contribution is 5.95. The Morgan fingerprint density at radius 3 is 2.25 bits per heavy atom. The predicted octanol–water partition coefficient (Wildman–Crippen LogP) is 2.91. The number of rotatable bonds is 2. The fraction of sp³-hybridized carbons (Fsp3) is 0.235. The quantitative estimate of drug-likeness (QED) is 0.834. The Bertz CT molecular complexity index is 624. The van der Waals surface area contributed by atoms with Gasteiger partial charge in [-0.3, -0.25) is 4.79 Å². The number of benzene rings is 2. The minimum atomic E-state index is 0.102. The van der Waals surface area contributed by atoms with Gasteiger partial charge in [0.2, 0.25) is 0 Å². The third kappa shape index (κ3) is 2.27. The first-order valence-corrected chi connectivity index (χ1v) is 6.78. The van der Waals surface area contributed by atoms with E-state index in [1.54, 1.807) is 0 Å². The minimum absolute atomic E-state index is 0.102. The molecule has 1 amide bonds. The predicted molar refractivity (Wildman–Crippen MR) is 80.8 cm³/mol. The van der Waals surface area contributed by atoms with Gasteiger partial charge >= 0.3 is 0 Å². The zero-order valence-electron chi connectivity index (χ0n) is 11.8. The van der Waals surface area contributed by atoms with E-state index in [0.717, 1.165) is 11.3 Å². The van der Waals surface area contributed by atoms with Crippen molar-refractivity contribution in [3.8, 4) is 0 Å². The molecule has 3 rings (SSSR count). The summed E-state index contributed by atoms with van der Waals surface area (Å²) in [5.41, 5.74) is 4.31. The highest BCUT2D eigenvalue weighted by atomic mass is 16.2. The van der Waals surface area contributed by atoms with Gasteiger partial charge in [-0.15, -0.1) is 0 Å². The van der Waals surface area contributed by atoms with E-state index >= 15 is 0 Å². The molecule has 3 heteroatoms. The second-order valence-electron chi connectivity index (χ2n) is 5.37. The molecule has 0 saturated carbocycles. The molecule has 0 aromatic heterocycles. The number of carbonyl (C=O) groups is 1. The van der Waals surface area contributed by atoms with E-state index in [1.807, 2.05) is 60.3 Å². The molecule has 0 N–H and O–H groups in total. The number of amides is 1. The van der Waals surface area contributed by atoms with Crippen LogP contribution in [0.25, 0.3) is 0 Å². The first-order valence-electron chi connectivity index (χ1n) is 6.78. The molecule has 1 aliphatic rings. The first-order chi connectivity index (χ1) is 9.65. The van der Waals surface area contributed by atoms with Gasteiger partial charge in [-0.25, -0.2) is 0 Å². The summed E-state index contributed by atoms with van der Waals surface area (Å²) < 4.78 is 0. The number of carbonyl (C=O) groups excluding carboxylic acids is 1. The zero-order chi connectivity index (χ0) is 14.1. The van der Waals surface area contributed by atoms with Crippen LogP contribution in [0.3, 0.4) is 0 Å². The maximum Gasteiger partial charge on any atom is 0.254 e. The number of hydrogen-bond donors (Lipinski definition) is 0. The van der Waals surface area contributed by atoms with Crippen LogP contribution >= 0.6 is 0 Å². The second-order valence-corrected chi connectivity index (χ2v) is 5.37. The standard InChI is InChI=1S/C17H18N2O/c1-18(2)16-9-5-8-13(10-16)17(20)19-11-14-6-3-4-7-15(14)12-19/h3-10H,11-12H2,1-2H3. The summed E-state index contributed by atoms with van der Waals surface area (Å²) in [4.78, 5) is 16.5. The SMILES string of the molecule is CN(C)c1cccc(C(=O)N2Cc3ccccc3C2)c1. The zero-order valence-corrected chi connectivity index (χ0v) is 11.8. The number of hydrogen-bond acceptors (Lipinski definition) is 2. The van der Waals surface area contributed by atoms with Crippen molar-refractivity contribution in [1.82, 2.24) is 4.90 Å². The molecule has 0 unspecified atom stereocenters. The number of nitrogens with zero attached hydrogens (tertiary/aromatic N) is 2. The molecule has 1 aliphatic heterocycles. The van der Waals surface area contributed by atoms with Crippen molar-refractivity contribution in [1.29, 1.82) is 0 Å². The van der Waals surface area contributed by atoms with Crippen molar-refractivity contribution in [3.05, 3.63) is 65.2 Å². The molecule has 20 heavy (non-hydrogen) atoms. The lowest BCUT2D eigenvalue weighted by Gasteiger charge is -2.18. The molecule has 0 fully saturated rings. The molecule has 2 aromatic carbocycles. The van der Waals surface area contributed by atoms with Gasteiger partial charge in [0.25, 0.3) is 5.91 Å². The number of anilines is 1. The summed E-state index contributed by atoms with van der Waals surface area (Å²) in [6.45, 7) is 1.42. The van der Waals surface area contributed by atoms with Gasteiger partial charge in [0.15, 0.2) is 0 Å². The average Bonchev–Trinajstić information content (AvgIpc) is 2.90. The van der Waals surface area contributed by atoms with Crippen molar-refractivity contribution in [2.75, 3.05) is 19.0 Å². The third-order valence-electron chi connectivity index (χ3n) is 3.74. The Hall–Kier alpha value is -2.29. The van der Waals surface area contributed by atoms with E-state index in [-0.39, 0.29) is 5.91 Å². The molecule has 0 bridgehead atoms. The van der Waals surface area contributed by atoms with Gasteiger partial charge in [-0.2, -0.15) is 0 Å². The lowest BCUT2D eigenvalue weighted by Crippen LogP contribution is -2.25. The summed E-state index contributed by atoms with van der Waals surface area (Å²) in [5, 5.41) is 0. The third-order valence-corrected chi connectivity index (χ3v) is 3.74. The maximum atomic E-state index is 12.6. The van der Waals surface area contributed by atoms with E-state index in [2.05, 4.69) is 12.1 Å². The second kappa shape index (κ2) is 5.00. The Morgan fingerprint density at radius 1 is 1.00 bits per heavy atom.